The number of benzene rings is 3. The van der Waals surface area contributed by atoms with E-state index in [2.05, 4.69) is 58.0 Å². The predicted octanol–water partition coefficient (Wildman–Crippen LogP) is 6.55. The van der Waals surface area contributed by atoms with Crippen LogP contribution < -0.4 is 9.47 Å². The molecule has 1 aliphatic heterocycles. The molecular weight excluding hydrogens is 448 g/mol. The number of ether oxygens (including phenoxy) is 2. The fourth-order valence-electron chi connectivity index (χ4n) is 8.07. The molecule has 36 heavy (non-hydrogen) atoms. The number of nitrogens with zero attached hydrogens (tertiary/aromatic N) is 2. The Bertz CT molecular complexity index is 1380. The average molecular weight is 487 g/mol. The second-order valence-corrected chi connectivity index (χ2v) is 13.2. The van der Waals surface area contributed by atoms with Crippen molar-refractivity contribution >= 4 is 10.8 Å². The molecule has 0 amide bonds. The summed E-state index contributed by atoms with van der Waals surface area (Å²) >= 11 is 0. The van der Waals surface area contributed by atoms with Crippen molar-refractivity contribution in [1.82, 2.24) is 9.80 Å². The Morgan fingerprint density at radius 2 is 1.28 bits per heavy atom. The van der Waals surface area contributed by atoms with Crippen molar-refractivity contribution in [1.29, 1.82) is 0 Å². The highest BCUT2D eigenvalue weighted by atomic mass is 16.8. The molecule has 5 nitrogen and oxygen atoms in total. The third kappa shape index (κ3) is 3.08. The van der Waals surface area contributed by atoms with Gasteiger partial charge in [0.1, 0.15) is 5.75 Å². The molecule has 5 heteroatoms. The van der Waals surface area contributed by atoms with Crippen molar-refractivity contribution in [3.63, 3.8) is 0 Å². The lowest BCUT2D eigenvalue weighted by Gasteiger charge is -2.51. The predicted molar refractivity (Wildman–Crippen MR) is 145 cm³/mol. The van der Waals surface area contributed by atoms with Crippen LogP contribution in [0.25, 0.3) is 21.9 Å². The van der Waals surface area contributed by atoms with Crippen LogP contribution in [0, 0.1) is 10.8 Å². The first-order valence-corrected chi connectivity index (χ1v) is 13.0. The maximum absolute atomic E-state index is 11.5. The van der Waals surface area contributed by atoms with E-state index in [1.807, 2.05) is 50.1 Å². The quantitative estimate of drug-likeness (QED) is 0.416. The summed E-state index contributed by atoms with van der Waals surface area (Å²) in [6.45, 7) is 9.60. The lowest BCUT2D eigenvalue weighted by Crippen LogP contribution is -2.61. The highest BCUT2D eigenvalue weighted by molar-refractivity contribution is 6.06. The third-order valence-electron chi connectivity index (χ3n) is 8.54. The van der Waals surface area contributed by atoms with Gasteiger partial charge in [-0.15, -0.1) is 0 Å². The van der Waals surface area contributed by atoms with Crippen molar-refractivity contribution in [2.45, 2.75) is 58.4 Å². The average Bonchev–Trinajstić information content (AvgIpc) is 3.26. The molecule has 2 aliphatic carbocycles. The third-order valence-corrected chi connectivity index (χ3v) is 8.54. The van der Waals surface area contributed by atoms with E-state index in [9.17, 15) is 5.11 Å². The van der Waals surface area contributed by atoms with Gasteiger partial charge >= 0.3 is 6.03 Å². The van der Waals surface area contributed by atoms with Crippen molar-refractivity contribution in [2.75, 3.05) is 28.2 Å². The van der Waals surface area contributed by atoms with Gasteiger partial charge in [0.05, 0.1) is 0 Å². The van der Waals surface area contributed by atoms with Crippen LogP contribution >= 0.6 is 0 Å². The van der Waals surface area contributed by atoms with Crippen LogP contribution in [0.2, 0.25) is 0 Å². The van der Waals surface area contributed by atoms with E-state index in [4.69, 9.17) is 9.47 Å². The number of phenols is 1. The molecular formula is C31H38N2O3. The zero-order chi connectivity index (χ0) is 25.8. The highest BCUT2D eigenvalue weighted by Gasteiger charge is 2.54. The molecule has 1 N–H and O–H groups in total. The van der Waals surface area contributed by atoms with Gasteiger partial charge in [0, 0.05) is 10.8 Å². The van der Waals surface area contributed by atoms with Crippen LogP contribution in [-0.4, -0.2) is 49.1 Å². The number of hydrogen-bond acceptors (Lipinski definition) is 5. The molecule has 190 valence electrons. The topological polar surface area (TPSA) is 45.2 Å². The molecule has 1 heterocycles. The van der Waals surface area contributed by atoms with Gasteiger partial charge in [-0.1, -0.05) is 52.0 Å². The van der Waals surface area contributed by atoms with Crippen molar-refractivity contribution in [3.05, 3.63) is 53.6 Å². The van der Waals surface area contributed by atoms with Crippen LogP contribution in [0.5, 0.6) is 17.2 Å². The maximum atomic E-state index is 11.5. The van der Waals surface area contributed by atoms with Gasteiger partial charge in [-0.05, 0) is 104 Å². The molecule has 0 unspecified atom stereocenters. The Morgan fingerprint density at radius 3 is 1.86 bits per heavy atom. The molecule has 1 saturated carbocycles. The summed E-state index contributed by atoms with van der Waals surface area (Å²) in [5.74, 6) is 1.64. The minimum absolute atomic E-state index is 0.129. The molecule has 1 spiro atoms. The summed E-state index contributed by atoms with van der Waals surface area (Å²) < 4.78 is 12.8. The number of phenolic OH excluding ortho intramolecular Hbond substituents is 1. The summed E-state index contributed by atoms with van der Waals surface area (Å²) in [5.41, 5.74) is 5.39. The standard InChI is InChI=1S/C31H38N2O3/c1-28(2)16-29(3,4)18-30(17-28)22-12-10-9-11-19(22)27-21-14-26-25(13-20(21)24(34)15-23(27)30)35-31(36-26,32(5)6)33(7)8/h9-15,34H,16-18H2,1-8H3. The molecule has 0 aromatic heterocycles. The van der Waals surface area contributed by atoms with Crippen molar-refractivity contribution in [3.8, 4) is 28.4 Å². The van der Waals surface area contributed by atoms with Gasteiger partial charge in [0.25, 0.3) is 0 Å². The smallest absolute Gasteiger partial charge is 0.386 e. The largest absolute Gasteiger partial charge is 0.507 e. The first-order valence-electron chi connectivity index (χ1n) is 13.0. The molecule has 0 bridgehead atoms. The summed E-state index contributed by atoms with van der Waals surface area (Å²) in [4.78, 5) is 3.83. The number of hydrogen-bond donors (Lipinski definition) is 1. The first-order chi connectivity index (χ1) is 16.8. The van der Waals surface area contributed by atoms with E-state index < -0.39 is 6.03 Å². The molecule has 0 saturated heterocycles. The summed E-state index contributed by atoms with van der Waals surface area (Å²) in [6.07, 6.45) is 3.31. The van der Waals surface area contributed by atoms with E-state index in [0.29, 0.717) is 17.2 Å². The monoisotopic (exact) mass is 486 g/mol. The Balaban J connectivity index is 1.64. The van der Waals surface area contributed by atoms with E-state index in [1.165, 1.54) is 28.7 Å². The zero-order valence-corrected chi connectivity index (χ0v) is 22.8. The molecule has 3 aromatic rings. The number of aromatic hydroxyl groups is 1. The Hall–Kier alpha value is -2.76. The van der Waals surface area contributed by atoms with E-state index >= 15 is 0 Å². The lowest BCUT2D eigenvalue weighted by molar-refractivity contribution is -0.266. The molecule has 0 radical (unpaired) electrons. The first kappa shape index (κ1) is 23.6. The zero-order valence-electron chi connectivity index (χ0n) is 22.8. The number of rotatable bonds is 2. The van der Waals surface area contributed by atoms with E-state index in [-0.39, 0.29) is 16.2 Å². The normalized spacial score (nSPS) is 21.8. The molecule has 3 aliphatic rings. The fraction of sp³-hybridized carbons (Fsp3) is 0.484. The number of fused-ring (bicyclic) bond motifs is 8. The van der Waals surface area contributed by atoms with E-state index in [1.54, 1.807) is 0 Å². The Morgan fingerprint density at radius 1 is 0.722 bits per heavy atom. The molecule has 0 atom stereocenters. The maximum Gasteiger partial charge on any atom is 0.386 e. The highest BCUT2D eigenvalue weighted by Crippen LogP contribution is 2.65. The summed E-state index contributed by atoms with van der Waals surface area (Å²) in [7, 11) is 7.75. The van der Waals surface area contributed by atoms with Gasteiger partial charge in [-0.3, -0.25) is 0 Å². The SMILES string of the molecule is CN(C)C1(N(C)C)Oc2cc3c(O)cc4c(c3cc2O1)-c1ccccc1C41CC(C)(C)CC(C)(C)C1. The minimum Gasteiger partial charge on any atom is -0.507 e. The summed E-state index contributed by atoms with van der Waals surface area (Å²) in [6, 6.07) is 13.9. The second kappa shape index (κ2) is 7.17. The van der Waals surface area contributed by atoms with Crippen LogP contribution in [0.15, 0.2) is 42.5 Å². The van der Waals surface area contributed by atoms with Crippen molar-refractivity contribution in [2.24, 2.45) is 10.8 Å². The van der Waals surface area contributed by atoms with Gasteiger partial charge in [-0.25, -0.2) is 9.80 Å². The van der Waals surface area contributed by atoms with Gasteiger partial charge < -0.3 is 14.6 Å². The fourth-order valence-corrected chi connectivity index (χ4v) is 8.07. The van der Waals surface area contributed by atoms with Crippen molar-refractivity contribution < 1.29 is 14.6 Å². The lowest BCUT2D eigenvalue weighted by atomic mass is 9.52. The summed E-state index contributed by atoms with van der Waals surface area (Å²) in [5, 5.41) is 13.3. The minimum atomic E-state index is -1.03. The van der Waals surface area contributed by atoms with Crippen LogP contribution in [0.3, 0.4) is 0 Å². The van der Waals surface area contributed by atoms with Crippen LogP contribution in [0.4, 0.5) is 0 Å². The van der Waals surface area contributed by atoms with Crippen LogP contribution in [-0.2, 0) is 5.41 Å². The van der Waals surface area contributed by atoms with Gasteiger partial charge in [0.15, 0.2) is 11.5 Å². The van der Waals surface area contributed by atoms with E-state index in [0.717, 1.165) is 23.6 Å². The van der Waals surface area contributed by atoms with Gasteiger partial charge in [-0.2, -0.15) is 0 Å². The molecule has 3 aromatic carbocycles. The van der Waals surface area contributed by atoms with Gasteiger partial charge in [0.2, 0.25) is 0 Å². The molecule has 6 rings (SSSR count). The second-order valence-electron chi connectivity index (χ2n) is 13.2. The van der Waals surface area contributed by atoms with Crippen LogP contribution in [0.1, 0.15) is 58.1 Å². The Labute approximate surface area is 214 Å². The Kier molecular flexibility index (Phi) is 4.71. The molecule has 1 fully saturated rings.